The van der Waals surface area contributed by atoms with Gasteiger partial charge >= 0.3 is 0 Å². The van der Waals surface area contributed by atoms with Gasteiger partial charge in [-0.15, -0.1) is 11.8 Å². The minimum atomic E-state index is -1.02. The van der Waals surface area contributed by atoms with Crippen molar-refractivity contribution in [2.24, 2.45) is 0 Å². The fourth-order valence-electron chi connectivity index (χ4n) is 7.61. The molecule has 308 valence electrons. The lowest BCUT2D eigenvalue weighted by atomic mass is 10.0. The summed E-state index contributed by atoms with van der Waals surface area (Å²) < 4.78 is 5.78. The number of halogens is 1. The molecule has 3 aliphatic heterocycles. The fourth-order valence-corrected chi connectivity index (χ4v) is 9.77. The number of hydrogen-bond acceptors (Lipinski definition) is 12. The molecule has 3 N–H and O–H groups in total. The lowest BCUT2D eigenvalue weighted by molar-refractivity contribution is -0.136. The molecule has 3 aromatic carbocycles. The number of aromatic nitrogens is 2. The van der Waals surface area contributed by atoms with Gasteiger partial charge in [0.05, 0.1) is 30.1 Å². The van der Waals surface area contributed by atoms with Crippen molar-refractivity contribution in [3.8, 4) is 5.75 Å². The van der Waals surface area contributed by atoms with Crippen LogP contribution in [0.4, 0.5) is 28.8 Å². The van der Waals surface area contributed by atoms with E-state index in [1.165, 1.54) is 17.1 Å². The lowest BCUT2D eigenvalue weighted by Gasteiger charge is -2.38. The van der Waals surface area contributed by atoms with Crippen LogP contribution in [0.5, 0.6) is 5.75 Å². The Bertz CT molecular complexity index is 2290. The third-order valence-corrected chi connectivity index (χ3v) is 13.6. The summed E-state index contributed by atoms with van der Waals surface area (Å²) in [6.45, 7) is 5.94. The number of benzene rings is 3. The Hall–Kier alpha value is -5.24. The van der Waals surface area contributed by atoms with Crippen molar-refractivity contribution < 1.29 is 28.7 Å². The number of nitrogens with zero attached hydrogens (tertiary/aromatic N) is 5. The van der Waals surface area contributed by atoms with Gasteiger partial charge in [0.15, 0.2) is 5.82 Å². The lowest BCUT2D eigenvalue weighted by Crippen LogP contribution is -2.54. The van der Waals surface area contributed by atoms with Crippen LogP contribution in [-0.2, 0) is 14.4 Å². The number of fused-ring (bicyclic) bond motifs is 1. The van der Waals surface area contributed by atoms with Gasteiger partial charge in [0, 0.05) is 61.4 Å². The molecule has 0 bridgehead atoms. The van der Waals surface area contributed by atoms with E-state index in [4.69, 9.17) is 16.3 Å². The van der Waals surface area contributed by atoms with Crippen molar-refractivity contribution in [1.82, 2.24) is 25.1 Å². The van der Waals surface area contributed by atoms with Crippen molar-refractivity contribution in [3.05, 3.63) is 83.0 Å². The van der Waals surface area contributed by atoms with E-state index in [-0.39, 0.29) is 43.8 Å². The first-order chi connectivity index (χ1) is 28.4. The quantitative estimate of drug-likeness (QED) is 0.0555. The smallest absolute Gasteiger partial charge is 0.263 e. The molecule has 5 amide bonds. The molecule has 17 heteroatoms. The van der Waals surface area contributed by atoms with E-state index < -0.39 is 29.7 Å². The Morgan fingerprint density at radius 1 is 1.00 bits per heavy atom. The van der Waals surface area contributed by atoms with Crippen LogP contribution in [0.2, 0.25) is 5.02 Å². The molecule has 7 rings (SSSR count). The third-order valence-electron chi connectivity index (χ3n) is 10.8. The standard InChI is InChI=1S/C42H46ClN8O6PS/c1-49(36(53)13-8-22-59-34-12-7-9-27-37(34)41(56)51(40(27)55)31-16-17-35(52)47-39(31)54)25-18-20-50(21-19-25)26-14-15-29(32(23-26)57-2)46-42-44-24-28(43)38(48-42)45-30-10-5-6-11-33(30)58(3)4/h5-7,9-12,14-15,23-25,31H,8,13,16-22H2,1-4H3,(H,47,52,54)(H2,44,45,46,48). The molecule has 2 saturated heterocycles. The summed E-state index contributed by atoms with van der Waals surface area (Å²) in [6, 6.07) is 18.3. The Morgan fingerprint density at radius 2 is 1.78 bits per heavy atom. The van der Waals surface area contributed by atoms with Gasteiger partial charge in [-0.3, -0.25) is 34.2 Å². The van der Waals surface area contributed by atoms with Gasteiger partial charge in [0.1, 0.15) is 16.8 Å². The van der Waals surface area contributed by atoms with Crippen LogP contribution in [0.25, 0.3) is 0 Å². The Labute approximate surface area is 353 Å². The van der Waals surface area contributed by atoms with Crippen LogP contribution in [0.15, 0.2) is 71.8 Å². The normalized spacial score (nSPS) is 16.9. The second-order valence-corrected chi connectivity index (χ2v) is 18.6. The number of rotatable bonds is 14. The Balaban J connectivity index is 0.895. The van der Waals surface area contributed by atoms with E-state index in [1.807, 2.05) is 48.3 Å². The first-order valence-corrected chi connectivity index (χ1v) is 23.0. The average molecular weight is 857 g/mol. The van der Waals surface area contributed by atoms with Gasteiger partial charge in [-0.25, -0.2) is 4.98 Å². The largest absolute Gasteiger partial charge is 0.494 e. The van der Waals surface area contributed by atoms with Crippen molar-refractivity contribution in [1.29, 1.82) is 0 Å². The van der Waals surface area contributed by atoms with Crippen LogP contribution >= 0.6 is 31.3 Å². The number of carbonyl (C=O) groups is 5. The second-order valence-electron chi connectivity index (χ2n) is 14.7. The maximum Gasteiger partial charge on any atom is 0.263 e. The van der Waals surface area contributed by atoms with Crippen molar-refractivity contribution >= 4 is 95.0 Å². The van der Waals surface area contributed by atoms with E-state index in [2.05, 4.69) is 50.2 Å². The highest BCUT2D eigenvalue weighted by atomic mass is 35.5. The number of nitrogens with one attached hydrogen (secondary N) is 3. The molecule has 0 saturated carbocycles. The van der Waals surface area contributed by atoms with Crippen LogP contribution in [0, 0.1) is 0 Å². The summed E-state index contributed by atoms with van der Waals surface area (Å²) in [6.07, 6.45) is 4.28. The number of methoxy groups -OCH3 is 1. The van der Waals surface area contributed by atoms with Gasteiger partial charge in [0.2, 0.25) is 23.7 Å². The first-order valence-electron chi connectivity index (χ1n) is 19.4. The monoisotopic (exact) mass is 856 g/mol. The maximum absolute atomic E-state index is 13.4. The highest BCUT2D eigenvalue weighted by molar-refractivity contribution is 7.99. The van der Waals surface area contributed by atoms with E-state index in [0.717, 1.165) is 42.2 Å². The molecule has 4 aromatic rings. The molecule has 14 nitrogen and oxygen atoms in total. The minimum absolute atomic E-state index is 0.0579. The molecule has 0 spiro atoms. The maximum atomic E-state index is 13.4. The Morgan fingerprint density at radius 3 is 2.53 bits per heavy atom. The summed E-state index contributed by atoms with van der Waals surface area (Å²) in [4.78, 5) is 78.8. The molecule has 0 radical (unpaired) electrons. The molecule has 1 unspecified atom stereocenters. The third kappa shape index (κ3) is 9.17. The van der Waals surface area contributed by atoms with E-state index in [0.29, 0.717) is 51.7 Å². The molecule has 4 heterocycles. The van der Waals surface area contributed by atoms with Gasteiger partial charge < -0.3 is 25.2 Å². The number of amides is 5. The van der Waals surface area contributed by atoms with Gasteiger partial charge in [-0.1, -0.05) is 43.8 Å². The summed E-state index contributed by atoms with van der Waals surface area (Å²) in [5.41, 5.74) is 3.20. The summed E-state index contributed by atoms with van der Waals surface area (Å²) in [5.74, 6) is 0.0142. The first kappa shape index (κ1) is 41.9. The van der Waals surface area contributed by atoms with Crippen LogP contribution < -0.4 is 30.9 Å². The number of para-hydroxylation sites is 1. The summed E-state index contributed by atoms with van der Waals surface area (Å²) in [5, 5.41) is 10.5. The number of ether oxygens (including phenoxy) is 1. The fraction of sp³-hybridized carbons (Fsp3) is 0.357. The van der Waals surface area contributed by atoms with Crippen molar-refractivity contribution in [2.75, 3.05) is 61.9 Å². The number of carbonyl (C=O) groups excluding carboxylic acids is 5. The second kappa shape index (κ2) is 18.4. The summed E-state index contributed by atoms with van der Waals surface area (Å²) in [7, 11) is 3.14. The minimum Gasteiger partial charge on any atom is -0.494 e. The molecular weight excluding hydrogens is 811 g/mol. The molecule has 3 aliphatic rings. The van der Waals surface area contributed by atoms with E-state index in [1.54, 1.807) is 31.5 Å². The molecule has 59 heavy (non-hydrogen) atoms. The summed E-state index contributed by atoms with van der Waals surface area (Å²) >= 11 is 7.91. The molecule has 0 aliphatic carbocycles. The highest BCUT2D eigenvalue weighted by Crippen LogP contribution is 2.37. The highest BCUT2D eigenvalue weighted by Gasteiger charge is 2.45. The average Bonchev–Trinajstić information content (AvgIpc) is 3.49. The zero-order valence-electron chi connectivity index (χ0n) is 33.3. The number of piperidine rings is 2. The Kier molecular flexibility index (Phi) is 13.0. The zero-order chi connectivity index (χ0) is 41.8. The molecule has 1 aromatic heterocycles. The van der Waals surface area contributed by atoms with Gasteiger partial charge in [0.25, 0.3) is 11.8 Å². The van der Waals surface area contributed by atoms with Crippen LogP contribution in [0.3, 0.4) is 0 Å². The van der Waals surface area contributed by atoms with Crippen molar-refractivity contribution in [2.45, 2.75) is 55.5 Å². The SMILES string of the molecule is COc1cc(N2CCC(N(C)C(=O)CCCSc3cccc4c3C(=O)N(C3CCC(=O)NC3=O)C4=O)CC2)ccc1Nc1ncc(Cl)c(Nc2ccccc2P(C)C)n1. The van der Waals surface area contributed by atoms with Gasteiger partial charge in [-0.2, -0.15) is 4.98 Å². The predicted octanol–water partition coefficient (Wildman–Crippen LogP) is 6.39. The molecular formula is C42H46ClN8O6PS. The van der Waals surface area contributed by atoms with Gasteiger partial charge in [-0.05, 0) is 80.4 Å². The zero-order valence-corrected chi connectivity index (χ0v) is 35.8. The topological polar surface area (TPSA) is 166 Å². The van der Waals surface area contributed by atoms with Crippen molar-refractivity contribution in [3.63, 3.8) is 0 Å². The van der Waals surface area contributed by atoms with E-state index >= 15 is 0 Å². The number of anilines is 5. The number of thioether (sulfide) groups is 1. The number of hydrogen-bond donors (Lipinski definition) is 3. The number of imide groups is 2. The van der Waals surface area contributed by atoms with Crippen LogP contribution in [0.1, 0.15) is 59.2 Å². The molecule has 1 atom stereocenters. The molecule has 2 fully saturated rings. The van der Waals surface area contributed by atoms with E-state index in [9.17, 15) is 24.0 Å². The van der Waals surface area contributed by atoms with Crippen LogP contribution in [-0.4, -0.2) is 108 Å². The predicted molar refractivity (Wildman–Crippen MR) is 233 cm³/mol.